The summed E-state index contributed by atoms with van der Waals surface area (Å²) in [5.74, 6) is -0.998. The highest BCUT2D eigenvalue weighted by Gasteiger charge is 2.24. The SMILES string of the molecule is O=C(c1cccc(O)c1O)N1CCC(O)CC1. The second-order valence-electron chi connectivity index (χ2n) is 4.20. The van der Waals surface area contributed by atoms with E-state index < -0.39 is 0 Å². The number of nitrogens with zero attached hydrogens (tertiary/aromatic N) is 1. The van der Waals surface area contributed by atoms with Crippen LogP contribution in [0.25, 0.3) is 0 Å². The molecular formula is C12H15NO4. The molecule has 17 heavy (non-hydrogen) atoms. The highest BCUT2D eigenvalue weighted by Crippen LogP contribution is 2.29. The minimum Gasteiger partial charge on any atom is -0.504 e. The number of likely N-dealkylation sites (tertiary alicyclic amines) is 1. The number of phenolic OH excluding ortho intramolecular Hbond substituents is 2. The van der Waals surface area contributed by atoms with E-state index in [1.807, 2.05) is 0 Å². The minimum absolute atomic E-state index is 0.0985. The molecule has 0 bridgehead atoms. The summed E-state index contributed by atoms with van der Waals surface area (Å²) in [6.07, 6.45) is 0.744. The number of aliphatic hydroxyl groups is 1. The van der Waals surface area contributed by atoms with Gasteiger partial charge in [-0.05, 0) is 25.0 Å². The molecule has 1 amide bonds. The quantitative estimate of drug-likeness (QED) is 0.628. The second kappa shape index (κ2) is 4.63. The van der Waals surface area contributed by atoms with Crippen LogP contribution in [0.3, 0.4) is 0 Å². The first-order valence-corrected chi connectivity index (χ1v) is 5.58. The number of aliphatic hydroxyl groups excluding tert-OH is 1. The molecule has 1 heterocycles. The van der Waals surface area contributed by atoms with E-state index in [2.05, 4.69) is 0 Å². The number of carbonyl (C=O) groups excluding carboxylic acids is 1. The van der Waals surface area contributed by atoms with Gasteiger partial charge in [0.15, 0.2) is 11.5 Å². The molecule has 92 valence electrons. The molecular weight excluding hydrogens is 222 g/mol. The van der Waals surface area contributed by atoms with Gasteiger partial charge in [0.05, 0.1) is 11.7 Å². The standard InChI is InChI=1S/C12H15NO4/c14-8-4-6-13(7-5-8)12(17)9-2-1-3-10(15)11(9)16/h1-3,8,14-16H,4-7H2. The minimum atomic E-state index is -0.386. The van der Waals surface area contributed by atoms with Crippen molar-refractivity contribution in [1.29, 1.82) is 0 Å². The number of phenols is 2. The van der Waals surface area contributed by atoms with Crippen molar-refractivity contribution in [3.05, 3.63) is 23.8 Å². The number of rotatable bonds is 1. The molecule has 1 aromatic carbocycles. The number of benzene rings is 1. The van der Waals surface area contributed by atoms with Gasteiger partial charge in [-0.1, -0.05) is 6.07 Å². The van der Waals surface area contributed by atoms with Crippen molar-refractivity contribution in [2.24, 2.45) is 0 Å². The molecule has 0 spiro atoms. The molecule has 1 aliphatic heterocycles. The molecule has 1 fully saturated rings. The van der Waals surface area contributed by atoms with Crippen molar-refractivity contribution in [3.8, 4) is 11.5 Å². The third-order valence-electron chi connectivity index (χ3n) is 3.00. The molecule has 3 N–H and O–H groups in total. The molecule has 1 aromatic rings. The highest BCUT2D eigenvalue weighted by molar-refractivity contribution is 5.97. The summed E-state index contributed by atoms with van der Waals surface area (Å²) in [6.45, 7) is 0.935. The maximum absolute atomic E-state index is 12.1. The number of amides is 1. The largest absolute Gasteiger partial charge is 0.504 e. The molecule has 2 rings (SSSR count). The molecule has 5 nitrogen and oxygen atoms in total. The van der Waals surface area contributed by atoms with Gasteiger partial charge in [0, 0.05) is 13.1 Å². The molecule has 5 heteroatoms. The number of carbonyl (C=O) groups is 1. The van der Waals surface area contributed by atoms with Crippen LogP contribution >= 0.6 is 0 Å². The molecule has 0 radical (unpaired) electrons. The first kappa shape index (κ1) is 11.7. The summed E-state index contributed by atoms with van der Waals surface area (Å²) in [5.41, 5.74) is 0.0985. The summed E-state index contributed by atoms with van der Waals surface area (Å²) in [5, 5.41) is 28.3. The fourth-order valence-corrected chi connectivity index (χ4v) is 1.94. The Kier molecular flexibility index (Phi) is 3.19. The fourth-order valence-electron chi connectivity index (χ4n) is 1.94. The van der Waals surface area contributed by atoms with Gasteiger partial charge < -0.3 is 20.2 Å². The number of hydrogen-bond acceptors (Lipinski definition) is 4. The van der Waals surface area contributed by atoms with Crippen LogP contribution in [-0.2, 0) is 0 Å². The number of aromatic hydroxyl groups is 2. The third kappa shape index (κ3) is 2.34. The van der Waals surface area contributed by atoms with Crippen molar-refractivity contribution < 1.29 is 20.1 Å². The molecule has 0 aromatic heterocycles. The van der Waals surface area contributed by atoms with Crippen molar-refractivity contribution in [3.63, 3.8) is 0 Å². The monoisotopic (exact) mass is 237 g/mol. The summed E-state index contributed by atoms with van der Waals surface area (Å²) in [4.78, 5) is 13.6. The number of piperidine rings is 1. The summed E-state index contributed by atoms with van der Waals surface area (Å²) in [6, 6.07) is 4.32. The van der Waals surface area contributed by atoms with E-state index in [0.717, 1.165) is 0 Å². The van der Waals surface area contributed by atoms with E-state index in [0.29, 0.717) is 25.9 Å². The van der Waals surface area contributed by atoms with Crippen LogP contribution in [0.1, 0.15) is 23.2 Å². The zero-order valence-corrected chi connectivity index (χ0v) is 9.33. The Labute approximate surface area is 98.9 Å². The van der Waals surface area contributed by atoms with E-state index in [1.165, 1.54) is 18.2 Å². The number of para-hydroxylation sites is 1. The Morgan fingerprint density at radius 2 is 1.88 bits per heavy atom. The zero-order valence-electron chi connectivity index (χ0n) is 9.33. The Hall–Kier alpha value is -1.75. The average Bonchev–Trinajstić information content (AvgIpc) is 2.33. The van der Waals surface area contributed by atoms with E-state index >= 15 is 0 Å². The molecule has 0 atom stereocenters. The van der Waals surface area contributed by atoms with Crippen molar-refractivity contribution in [2.45, 2.75) is 18.9 Å². The topological polar surface area (TPSA) is 81.0 Å². The van der Waals surface area contributed by atoms with Gasteiger partial charge in [0.2, 0.25) is 0 Å². The lowest BCUT2D eigenvalue weighted by atomic mass is 10.1. The van der Waals surface area contributed by atoms with Gasteiger partial charge in [-0.2, -0.15) is 0 Å². The molecule has 1 aliphatic rings. The van der Waals surface area contributed by atoms with Crippen LogP contribution in [0.4, 0.5) is 0 Å². The zero-order chi connectivity index (χ0) is 12.4. The molecule has 0 saturated carbocycles. The van der Waals surface area contributed by atoms with Crippen LogP contribution in [0.2, 0.25) is 0 Å². The second-order valence-corrected chi connectivity index (χ2v) is 4.20. The van der Waals surface area contributed by atoms with Crippen molar-refractivity contribution >= 4 is 5.91 Å². The lowest BCUT2D eigenvalue weighted by molar-refractivity contribution is 0.0543. The van der Waals surface area contributed by atoms with E-state index in [-0.39, 0.29) is 29.1 Å². The fraction of sp³-hybridized carbons (Fsp3) is 0.417. The normalized spacial score (nSPS) is 17.1. The Morgan fingerprint density at radius 3 is 2.53 bits per heavy atom. The van der Waals surface area contributed by atoms with Gasteiger partial charge in [-0.25, -0.2) is 0 Å². The van der Waals surface area contributed by atoms with Gasteiger partial charge in [-0.15, -0.1) is 0 Å². The van der Waals surface area contributed by atoms with Gasteiger partial charge in [0.1, 0.15) is 0 Å². The Morgan fingerprint density at radius 1 is 1.24 bits per heavy atom. The van der Waals surface area contributed by atoms with Gasteiger partial charge in [-0.3, -0.25) is 4.79 Å². The van der Waals surface area contributed by atoms with E-state index in [4.69, 9.17) is 0 Å². The maximum atomic E-state index is 12.1. The molecule has 0 unspecified atom stereocenters. The van der Waals surface area contributed by atoms with Gasteiger partial charge in [0.25, 0.3) is 5.91 Å². The predicted molar refractivity (Wildman–Crippen MR) is 60.9 cm³/mol. The van der Waals surface area contributed by atoms with Crippen LogP contribution in [0.5, 0.6) is 11.5 Å². The van der Waals surface area contributed by atoms with Crippen LogP contribution in [-0.4, -0.2) is 45.3 Å². The Bertz CT molecular complexity index is 425. The smallest absolute Gasteiger partial charge is 0.257 e. The summed E-state index contributed by atoms with van der Waals surface area (Å²) >= 11 is 0. The Balaban J connectivity index is 2.17. The molecule has 1 saturated heterocycles. The number of hydrogen-bond donors (Lipinski definition) is 3. The lowest BCUT2D eigenvalue weighted by Gasteiger charge is -2.29. The van der Waals surface area contributed by atoms with Crippen molar-refractivity contribution in [2.75, 3.05) is 13.1 Å². The van der Waals surface area contributed by atoms with E-state index in [9.17, 15) is 20.1 Å². The van der Waals surface area contributed by atoms with Crippen molar-refractivity contribution in [1.82, 2.24) is 4.90 Å². The van der Waals surface area contributed by atoms with Gasteiger partial charge >= 0.3 is 0 Å². The molecule has 0 aliphatic carbocycles. The highest BCUT2D eigenvalue weighted by atomic mass is 16.3. The van der Waals surface area contributed by atoms with Crippen LogP contribution in [0.15, 0.2) is 18.2 Å². The lowest BCUT2D eigenvalue weighted by Crippen LogP contribution is -2.40. The first-order chi connectivity index (χ1) is 8.09. The maximum Gasteiger partial charge on any atom is 0.257 e. The third-order valence-corrected chi connectivity index (χ3v) is 3.00. The predicted octanol–water partition coefficient (Wildman–Crippen LogP) is 0.695. The summed E-state index contributed by atoms with van der Waals surface area (Å²) < 4.78 is 0. The summed E-state index contributed by atoms with van der Waals surface area (Å²) in [7, 11) is 0. The van der Waals surface area contributed by atoms with Crippen LogP contribution in [0, 0.1) is 0 Å². The average molecular weight is 237 g/mol. The first-order valence-electron chi connectivity index (χ1n) is 5.58. The van der Waals surface area contributed by atoms with Crippen LogP contribution < -0.4 is 0 Å². The van der Waals surface area contributed by atoms with E-state index in [1.54, 1.807) is 4.90 Å².